The predicted molar refractivity (Wildman–Crippen MR) is 237 cm³/mol. The first-order chi connectivity index (χ1) is 28.7. The molecule has 0 radical (unpaired) electrons. The standard InChI is InChI=1S/C52H40O4.2ClH.Ti/c1-50(43-21-3-2-4-22-43)55-48(51(53,44-27-23-35-13-5-9-17-39(35)31-44)45-28-24-36-14-6-10-18-40(36)32-45)49(56-50)52(54,46-29-25-37-15-7-11-19-41(37)33-46)47-30-26-38-16-8-12-20-42(38)34-47;;;/h2-34,48-49,53-54H,1H3;2*1H;/q;;;+2/p-2/t48-,49-;;;/m1.../s1. The third-order valence-corrected chi connectivity index (χ3v) is 11.9. The van der Waals surface area contributed by atoms with Crippen molar-refractivity contribution in [2.75, 3.05) is 0 Å². The summed E-state index contributed by atoms with van der Waals surface area (Å²) in [7, 11) is 9.78. The summed E-state index contributed by atoms with van der Waals surface area (Å²) in [5.41, 5.74) is -0.377. The average Bonchev–Trinajstić information content (AvgIpc) is 3.67. The fourth-order valence-electron chi connectivity index (χ4n) is 8.82. The van der Waals surface area contributed by atoms with Gasteiger partial charge in [-0.3, -0.25) is 0 Å². The summed E-state index contributed by atoms with van der Waals surface area (Å²) in [6.07, 6.45) is -2.28. The monoisotopic (exact) mass is 846 g/mol. The molecule has 0 aromatic heterocycles. The zero-order valence-corrected chi connectivity index (χ0v) is 35.2. The Hall–Kier alpha value is -4.85. The molecule has 2 N–H and O–H groups in total. The molecule has 0 amide bonds. The van der Waals surface area contributed by atoms with Crippen molar-refractivity contribution in [1.29, 1.82) is 0 Å². The molecule has 1 aliphatic rings. The predicted octanol–water partition coefficient (Wildman–Crippen LogP) is 12.5. The second-order valence-electron chi connectivity index (χ2n) is 15.2. The molecule has 0 saturated carbocycles. The third kappa shape index (κ3) is 7.18. The third-order valence-electron chi connectivity index (χ3n) is 11.9. The first kappa shape index (κ1) is 39.6. The van der Waals surface area contributed by atoms with E-state index in [9.17, 15) is 10.2 Å². The van der Waals surface area contributed by atoms with E-state index in [1.54, 1.807) is 0 Å². The molecule has 0 unspecified atom stereocenters. The number of hydrogen-bond acceptors (Lipinski definition) is 4. The summed E-state index contributed by atoms with van der Waals surface area (Å²) < 4.78 is 14.6. The van der Waals surface area contributed by atoms with E-state index in [1.165, 1.54) is 0 Å². The molecule has 1 heterocycles. The van der Waals surface area contributed by atoms with E-state index in [2.05, 4.69) is 48.5 Å². The molecule has 0 bridgehead atoms. The van der Waals surface area contributed by atoms with Crippen LogP contribution in [-0.4, -0.2) is 22.4 Å². The number of fused-ring (bicyclic) bond motifs is 4. The van der Waals surface area contributed by atoms with Crippen LogP contribution >= 0.6 is 18.6 Å². The van der Waals surface area contributed by atoms with Gasteiger partial charge in [-0.25, -0.2) is 0 Å². The molecule has 4 nitrogen and oxygen atoms in total. The van der Waals surface area contributed by atoms with Gasteiger partial charge in [-0.2, -0.15) is 0 Å². The Kier molecular flexibility index (Phi) is 10.9. The molecule has 1 fully saturated rings. The van der Waals surface area contributed by atoms with Gasteiger partial charge in [-0.15, -0.1) is 0 Å². The van der Waals surface area contributed by atoms with Crippen LogP contribution < -0.4 is 0 Å². The summed E-state index contributed by atoms with van der Waals surface area (Å²) in [5.74, 6) is -1.36. The molecule has 1 aliphatic heterocycles. The Bertz CT molecular complexity index is 2600. The van der Waals surface area contributed by atoms with E-state index in [-0.39, 0.29) is 0 Å². The fraction of sp³-hybridized carbons (Fsp3) is 0.115. The van der Waals surface area contributed by atoms with Crippen molar-refractivity contribution in [2.45, 2.75) is 36.1 Å². The number of halogens is 2. The SMILES string of the molecule is CC1(c2ccccc2)O[C@@H](C(O)(c2ccc3ccccc3c2)c2ccc3ccccc3c2)[C@H](C(O)(c2ccc3ccccc3c2)c2ccc3ccccc3c2)O1.[Cl][Ti][Cl]. The van der Waals surface area contributed by atoms with Crippen molar-refractivity contribution in [3.8, 4) is 0 Å². The molecule has 9 aromatic carbocycles. The van der Waals surface area contributed by atoms with E-state index >= 15 is 0 Å². The molecule has 7 heteroatoms. The van der Waals surface area contributed by atoms with Crippen LogP contribution in [-0.2, 0) is 43.5 Å². The number of aliphatic hydroxyl groups is 2. The van der Waals surface area contributed by atoms with Crippen LogP contribution in [0.15, 0.2) is 200 Å². The van der Waals surface area contributed by atoms with Crippen molar-refractivity contribution in [3.63, 3.8) is 0 Å². The van der Waals surface area contributed by atoms with Gasteiger partial charge >= 0.3 is 35.6 Å². The number of ether oxygens (including phenoxy) is 2. The Morgan fingerprint density at radius 2 is 0.661 bits per heavy atom. The van der Waals surface area contributed by atoms with Crippen molar-refractivity contribution in [1.82, 2.24) is 0 Å². The summed E-state index contributed by atoms with van der Waals surface area (Å²) in [6.45, 7) is 1.89. The van der Waals surface area contributed by atoms with E-state index in [0.717, 1.165) is 48.7 Å². The molecule has 0 aliphatic carbocycles. The molecule has 290 valence electrons. The molecule has 2 atom stereocenters. The van der Waals surface area contributed by atoms with Crippen molar-refractivity contribution < 1.29 is 36.7 Å². The number of hydrogen-bond donors (Lipinski definition) is 2. The van der Waals surface area contributed by atoms with Gasteiger partial charge in [0.1, 0.15) is 23.4 Å². The summed E-state index contributed by atoms with van der Waals surface area (Å²) in [5, 5.41) is 36.1. The average molecular weight is 848 g/mol. The van der Waals surface area contributed by atoms with Crippen LogP contribution in [0.5, 0.6) is 0 Å². The molecule has 1 saturated heterocycles. The minimum absolute atomic E-state index is 0.556. The molecular formula is C52H40Cl2O4Ti. The van der Waals surface area contributed by atoms with Gasteiger partial charge in [0.05, 0.1) is 0 Å². The van der Waals surface area contributed by atoms with Crippen LogP contribution in [0, 0.1) is 0 Å². The van der Waals surface area contributed by atoms with Gasteiger partial charge in [0, 0.05) is 5.56 Å². The summed E-state index contributed by atoms with van der Waals surface area (Å²) in [4.78, 5) is 0. The Morgan fingerprint density at radius 3 is 0.949 bits per heavy atom. The van der Waals surface area contributed by atoms with E-state index in [0.29, 0.717) is 22.3 Å². The summed E-state index contributed by atoms with van der Waals surface area (Å²) in [6, 6.07) is 66.5. The molecule has 0 spiro atoms. The van der Waals surface area contributed by atoms with Crippen LogP contribution in [0.2, 0.25) is 0 Å². The zero-order valence-electron chi connectivity index (χ0n) is 32.2. The van der Waals surface area contributed by atoms with Crippen molar-refractivity contribution in [3.05, 3.63) is 228 Å². The van der Waals surface area contributed by atoms with E-state index in [4.69, 9.17) is 28.1 Å². The quantitative estimate of drug-likeness (QED) is 0.157. The topological polar surface area (TPSA) is 58.9 Å². The fourth-order valence-corrected chi connectivity index (χ4v) is 8.82. The zero-order chi connectivity index (χ0) is 40.6. The van der Waals surface area contributed by atoms with Gasteiger partial charge in [0.15, 0.2) is 5.79 Å². The van der Waals surface area contributed by atoms with Crippen molar-refractivity contribution >= 4 is 61.7 Å². The Balaban J connectivity index is 0.00000145. The maximum atomic E-state index is 14.0. The maximum absolute atomic E-state index is 14.0. The summed E-state index contributed by atoms with van der Waals surface area (Å²) >= 11 is -0.556. The van der Waals surface area contributed by atoms with Gasteiger partial charge in [0.25, 0.3) is 0 Å². The molecule has 10 rings (SSSR count). The second-order valence-corrected chi connectivity index (χ2v) is 17.8. The van der Waals surface area contributed by atoms with Gasteiger partial charge < -0.3 is 19.7 Å². The van der Waals surface area contributed by atoms with Gasteiger partial charge in [0.2, 0.25) is 0 Å². The van der Waals surface area contributed by atoms with Crippen LogP contribution in [0.3, 0.4) is 0 Å². The van der Waals surface area contributed by atoms with Gasteiger partial charge in [-0.1, -0.05) is 176 Å². The second kappa shape index (κ2) is 16.3. The van der Waals surface area contributed by atoms with Crippen LogP contribution in [0.1, 0.15) is 34.7 Å². The number of benzene rings is 9. The Morgan fingerprint density at radius 1 is 0.407 bits per heavy atom. The van der Waals surface area contributed by atoms with E-state index < -0.39 is 46.2 Å². The van der Waals surface area contributed by atoms with E-state index in [1.807, 2.05) is 159 Å². The number of rotatable bonds is 7. The Labute approximate surface area is 360 Å². The van der Waals surface area contributed by atoms with Crippen LogP contribution in [0.4, 0.5) is 0 Å². The van der Waals surface area contributed by atoms with Gasteiger partial charge in [-0.05, 0) is 96.5 Å². The minimum atomic E-state index is -1.83. The van der Waals surface area contributed by atoms with Crippen LogP contribution in [0.25, 0.3) is 43.1 Å². The molecule has 9 aromatic rings. The molecular weight excluding hydrogens is 807 g/mol. The first-order valence-electron chi connectivity index (χ1n) is 19.5. The first-order valence-corrected chi connectivity index (χ1v) is 23.8. The molecule has 59 heavy (non-hydrogen) atoms. The normalized spacial score (nSPS) is 16.6. The van der Waals surface area contributed by atoms with Crippen molar-refractivity contribution in [2.24, 2.45) is 0 Å².